The van der Waals surface area contributed by atoms with Gasteiger partial charge in [0.25, 0.3) is 0 Å². The molecule has 0 atom stereocenters. The van der Waals surface area contributed by atoms with Crippen molar-refractivity contribution in [1.29, 1.82) is 0 Å². The summed E-state index contributed by atoms with van der Waals surface area (Å²) in [4.78, 5) is 23.7. The Morgan fingerprint density at radius 1 is 0.962 bits per heavy atom. The lowest BCUT2D eigenvalue weighted by Crippen LogP contribution is -2.32. The van der Waals surface area contributed by atoms with Crippen LogP contribution in [0.3, 0.4) is 0 Å². The number of benzene rings is 2. The number of hydrazone groups is 1. The molecule has 2 rings (SSSR count). The molecule has 2 aromatic rings. The van der Waals surface area contributed by atoms with Crippen molar-refractivity contribution in [2.45, 2.75) is 39.5 Å². The fourth-order valence-electron chi connectivity index (χ4n) is 2.30. The molecule has 5 nitrogen and oxygen atoms in total. The third-order valence-corrected chi connectivity index (χ3v) is 3.98. The number of hydrogen-bond donors (Lipinski definition) is 2. The van der Waals surface area contributed by atoms with E-state index in [0.29, 0.717) is 5.69 Å². The number of rotatable bonds is 4. The summed E-state index contributed by atoms with van der Waals surface area (Å²) < 4.78 is 0. The number of carbonyl (C=O) groups is 2. The van der Waals surface area contributed by atoms with E-state index in [9.17, 15) is 9.59 Å². The van der Waals surface area contributed by atoms with Crippen LogP contribution < -0.4 is 10.7 Å². The van der Waals surface area contributed by atoms with Gasteiger partial charge >= 0.3 is 11.8 Å². The molecule has 0 unspecified atom stereocenters. The van der Waals surface area contributed by atoms with E-state index in [2.05, 4.69) is 43.5 Å². The highest BCUT2D eigenvalue weighted by molar-refractivity contribution is 6.39. The average Bonchev–Trinajstić information content (AvgIpc) is 2.62. The molecule has 0 saturated carbocycles. The molecule has 0 radical (unpaired) electrons. The third kappa shape index (κ3) is 5.55. The number of nitrogens with one attached hydrogen (secondary N) is 2. The minimum atomic E-state index is -0.813. The molecule has 0 aliphatic heterocycles. The zero-order chi connectivity index (χ0) is 19.2. The first-order valence-electron chi connectivity index (χ1n) is 8.63. The molecular formula is C21H25N3O2. The molecule has 0 aliphatic rings. The fourth-order valence-corrected chi connectivity index (χ4v) is 2.30. The van der Waals surface area contributed by atoms with Crippen molar-refractivity contribution in [2.75, 3.05) is 5.32 Å². The molecule has 2 N–H and O–H groups in total. The molecule has 0 spiro atoms. The van der Waals surface area contributed by atoms with Gasteiger partial charge in [-0.05, 0) is 40.7 Å². The van der Waals surface area contributed by atoms with Gasteiger partial charge in [-0.1, -0.05) is 64.1 Å². The SMILES string of the molecule is CCc1ccc(NC(=O)C(=O)N/N=C\c2ccc(C(C)(C)C)cc2)cc1. The molecule has 0 aliphatic carbocycles. The molecule has 0 heterocycles. The zero-order valence-electron chi connectivity index (χ0n) is 15.7. The molecule has 2 aromatic carbocycles. The lowest BCUT2D eigenvalue weighted by molar-refractivity contribution is -0.136. The van der Waals surface area contributed by atoms with Gasteiger partial charge in [-0.15, -0.1) is 0 Å². The van der Waals surface area contributed by atoms with Gasteiger partial charge in [-0.3, -0.25) is 9.59 Å². The molecule has 5 heteroatoms. The molecule has 0 fully saturated rings. The number of nitrogens with zero attached hydrogens (tertiary/aromatic N) is 1. The predicted molar refractivity (Wildman–Crippen MR) is 105 cm³/mol. The van der Waals surface area contributed by atoms with Crippen molar-refractivity contribution < 1.29 is 9.59 Å². The van der Waals surface area contributed by atoms with Crippen molar-refractivity contribution in [3.8, 4) is 0 Å². The molecule has 0 bridgehead atoms. The Bertz CT molecular complexity index is 786. The van der Waals surface area contributed by atoms with E-state index in [4.69, 9.17) is 0 Å². The summed E-state index contributed by atoms with van der Waals surface area (Å²) >= 11 is 0. The second-order valence-electron chi connectivity index (χ2n) is 7.08. The largest absolute Gasteiger partial charge is 0.329 e. The van der Waals surface area contributed by atoms with Crippen LogP contribution in [0.1, 0.15) is 44.4 Å². The van der Waals surface area contributed by atoms with Crippen LogP contribution in [0.2, 0.25) is 0 Å². The van der Waals surface area contributed by atoms with Crippen LogP contribution in [0.5, 0.6) is 0 Å². The first kappa shape index (κ1) is 19.4. The van der Waals surface area contributed by atoms with Crippen LogP contribution in [0.4, 0.5) is 5.69 Å². The van der Waals surface area contributed by atoms with Gasteiger partial charge in [0, 0.05) is 5.69 Å². The highest BCUT2D eigenvalue weighted by Gasteiger charge is 2.13. The predicted octanol–water partition coefficient (Wildman–Crippen LogP) is 3.64. The summed E-state index contributed by atoms with van der Waals surface area (Å²) in [5, 5.41) is 6.38. The molecule has 0 saturated heterocycles. The Labute approximate surface area is 154 Å². The van der Waals surface area contributed by atoms with Crippen LogP contribution in [0.25, 0.3) is 0 Å². The Morgan fingerprint density at radius 2 is 1.58 bits per heavy atom. The summed E-state index contributed by atoms with van der Waals surface area (Å²) in [6.45, 7) is 8.48. The molecule has 0 aromatic heterocycles. The Kier molecular flexibility index (Phi) is 6.28. The van der Waals surface area contributed by atoms with Crippen molar-refractivity contribution in [1.82, 2.24) is 5.43 Å². The van der Waals surface area contributed by atoms with E-state index in [-0.39, 0.29) is 5.41 Å². The van der Waals surface area contributed by atoms with E-state index in [1.165, 1.54) is 11.8 Å². The van der Waals surface area contributed by atoms with Gasteiger partial charge in [0.2, 0.25) is 0 Å². The summed E-state index contributed by atoms with van der Waals surface area (Å²) in [6, 6.07) is 15.2. The van der Waals surface area contributed by atoms with Crippen LogP contribution in [0.15, 0.2) is 53.6 Å². The third-order valence-electron chi connectivity index (χ3n) is 3.98. The van der Waals surface area contributed by atoms with Crippen molar-refractivity contribution in [3.63, 3.8) is 0 Å². The highest BCUT2D eigenvalue weighted by Crippen LogP contribution is 2.21. The van der Waals surface area contributed by atoms with Gasteiger partial charge in [0.1, 0.15) is 0 Å². The van der Waals surface area contributed by atoms with E-state index in [1.54, 1.807) is 12.1 Å². The molecule has 2 amide bonds. The Hall–Kier alpha value is -2.95. The quantitative estimate of drug-likeness (QED) is 0.502. The number of carbonyl (C=O) groups excluding carboxylic acids is 2. The minimum absolute atomic E-state index is 0.0807. The number of amides is 2. The summed E-state index contributed by atoms with van der Waals surface area (Å²) in [7, 11) is 0. The maximum Gasteiger partial charge on any atom is 0.329 e. The van der Waals surface area contributed by atoms with E-state index >= 15 is 0 Å². The maximum absolute atomic E-state index is 11.9. The topological polar surface area (TPSA) is 70.6 Å². The Morgan fingerprint density at radius 3 is 2.12 bits per heavy atom. The Balaban J connectivity index is 1.88. The average molecular weight is 351 g/mol. The molecular weight excluding hydrogens is 326 g/mol. The van der Waals surface area contributed by atoms with E-state index in [0.717, 1.165) is 17.5 Å². The number of hydrogen-bond acceptors (Lipinski definition) is 3. The monoisotopic (exact) mass is 351 g/mol. The van der Waals surface area contributed by atoms with Crippen molar-refractivity contribution in [3.05, 3.63) is 65.2 Å². The summed E-state index contributed by atoms with van der Waals surface area (Å²) in [5.41, 5.74) is 6.11. The summed E-state index contributed by atoms with van der Waals surface area (Å²) in [6.07, 6.45) is 2.42. The fraction of sp³-hybridized carbons (Fsp3) is 0.286. The van der Waals surface area contributed by atoms with E-state index < -0.39 is 11.8 Å². The second kappa shape index (κ2) is 8.43. The van der Waals surface area contributed by atoms with Crippen LogP contribution >= 0.6 is 0 Å². The highest BCUT2D eigenvalue weighted by atomic mass is 16.2. The number of anilines is 1. The van der Waals surface area contributed by atoms with Gasteiger partial charge in [-0.25, -0.2) is 5.43 Å². The first-order valence-corrected chi connectivity index (χ1v) is 8.63. The van der Waals surface area contributed by atoms with Gasteiger partial charge in [-0.2, -0.15) is 5.10 Å². The van der Waals surface area contributed by atoms with Crippen LogP contribution in [-0.4, -0.2) is 18.0 Å². The lowest BCUT2D eigenvalue weighted by Gasteiger charge is -2.18. The second-order valence-corrected chi connectivity index (χ2v) is 7.08. The van der Waals surface area contributed by atoms with Crippen LogP contribution in [-0.2, 0) is 21.4 Å². The van der Waals surface area contributed by atoms with Gasteiger partial charge in [0.15, 0.2) is 0 Å². The normalized spacial score (nSPS) is 11.4. The standard InChI is InChI=1S/C21H25N3O2/c1-5-15-8-12-18(13-9-15)23-19(25)20(26)24-22-14-16-6-10-17(11-7-16)21(2,3)4/h6-14H,5H2,1-4H3,(H,23,25)(H,24,26)/b22-14-. The number of aryl methyl sites for hydroxylation is 1. The minimum Gasteiger partial charge on any atom is -0.318 e. The van der Waals surface area contributed by atoms with Crippen molar-refractivity contribution >= 4 is 23.7 Å². The smallest absolute Gasteiger partial charge is 0.318 e. The summed E-state index contributed by atoms with van der Waals surface area (Å²) in [5.74, 6) is -1.57. The first-order chi connectivity index (χ1) is 12.3. The molecule has 136 valence electrons. The van der Waals surface area contributed by atoms with Gasteiger partial charge < -0.3 is 5.32 Å². The van der Waals surface area contributed by atoms with Gasteiger partial charge in [0.05, 0.1) is 6.21 Å². The van der Waals surface area contributed by atoms with Crippen molar-refractivity contribution in [2.24, 2.45) is 5.10 Å². The zero-order valence-corrected chi connectivity index (χ0v) is 15.7. The van der Waals surface area contributed by atoms with E-state index in [1.807, 2.05) is 36.4 Å². The lowest BCUT2D eigenvalue weighted by atomic mass is 9.87. The maximum atomic E-state index is 11.9. The molecule has 26 heavy (non-hydrogen) atoms. The van der Waals surface area contributed by atoms with Crippen LogP contribution in [0, 0.1) is 0 Å².